The van der Waals surface area contributed by atoms with E-state index >= 15 is 0 Å². The van der Waals surface area contributed by atoms with E-state index in [0.29, 0.717) is 11.6 Å². The van der Waals surface area contributed by atoms with Gasteiger partial charge in [-0.2, -0.15) is 13.2 Å². The molecule has 1 aromatic carbocycles. The molecular formula is C11H7F4NO. The second-order valence-electron chi connectivity index (χ2n) is 3.69. The van der Waals surface area contributed by atoms with E-state index in [9.17, 15) is 22.4 Å². The van der Waals surface area contributed by atoms with Gasteiger partial charge in [-0.05, 0) is 24.6 Å². The molecule has 90 valence electrons. The van der Waals surface area contributed by atoms with E-state index in [4.69, 9.17) is 0 Å². The Hall–Kier alpha value is -1.85. The Morgan fingerprint density at radius 2 is 1.82 bits per heavy atom. The second-order valence-corrected chi connectivity index (χ2v) is 3.69. The summed E-state index contributed by atoms with van der Waals surface area (Å²) in [5.41, 5.74) is -1.80. The van der Waals surface area contributed by atoms with Crippen LogP contribution in [-0.2, 0) is 6.18 Å². The summed E-state index contributed by atoms with van der Waals surface area (Å²) in [7, 11) is 0. The molecule has 6 heteroatoms. The van der Waals surface area contributed by atoms with Crippen LogP contribution in [-0.4, -0.2) is 4.98 Å². The van der Waals surface area contributed by atoms with Crippen molar-refractivity contribution in [2.45, 2.75) is 13.1 Å². The van der Waals surface area contributed by atoms with E-state index in [2.05, 4.69) is 0 Å². The van der Waals surface area contributed by atoms with E-state index in [0.717, 1.165) is 12.1 Å². The van der Waals surface area contributed by atoms with Crippen LogP contribution in [0, 0.1) is 12.7 Å². The van der Waals surface area contributed by atoms with E-state index in [1.807, 2.05) is 4.98 Å². The lowest BCUT2D eigenvalue weighted by atomic mass is 10.1. The number of alkyl halides is 3. The van der Waals surface area contributed by atoms with Crippen LogP contribution < -0.4 is 5.43 Å². The lowest BCUT2D eigenvalue weighted by Crippen LogP contribution is -2.14. The van der Waals surface area contributed by atoms with Gasteiger partial charge in [0, 0.05) is 11.5 Å². The third-order valence-electron chi connectivity index (χ3n) is 2.40. The van der Waals surface area contributed by atoms with Gasteiger partial charge in [0.15, 0.2) is 5.43 Å². The maximum absolute atomic E-state index is 13.1. The van der Waals surface area contributed by atoms with Gasteiger partial charge in [-0.15, -0.1) is 0 Å². The van der Waals surface area contributed by atoms with Crippen LogP contribution in [0.3, 0.4) is 0 Å². The van der Waals surface area contributed by atoms with E-state index in [-0.39, 0.29) is 10.9 Å². The Bertz CT molecular complexity index is 642. The quantitative estimate of drug-likeness (QED) is 0.711. The molecule has 0 saturated heterocycles. The summed E-state index contributed by atoms with van der Waals surface area (Å²) in [5.74, 6) is -0.690. The zero-order valence-corrected chi connectivity index (χ0v) is 8.65. The van der Waals surface area contributed by atoms with Crippen molar-refractivity contribution >= 4 is 10.9 Å². The maximum atomic E-state index is 13.1. The molecule has 0 aliphatic rings. The van der Waals surface area contributed by atoms with Crippen LogP contribution >= 0.6 is 0 Å². The molecule has 1 N–H and O–H groups in total. The number of nitrogens with one attached hydrogen (secondary N) is 1. The average molecular weight is 245 g/mol. The topological polar surface area (TPSA) is 32.9 Å². The third-order valence-corrected chi connectivity index (χ3v) is 2.40. The van der Waals surface area contributed by atoms with Gasteiger partial charge in [0.2, 0.25) is 0 Å². The molecule has 2 nitrogen and oxygen atoms in total. The number of hydrogen-bond donors (Lipinski definition) is 1. The lowest BCUT2D eigenvalue weighted by molar-refractivity contribution is -0.141. The first-order valence-electron chi connectivity index (χ1n) is 4.69. The van der Waals surface area contributed by atoms with Crippen LogP contribution in [0.1, 0.15) is 11.3 Å². The van der Waals surface area contributed by atoms with Crippen molar-refractivity contribution in [1.29, 1.82) is 0 Å². The van der Waals surface area contributed by atoms with Gasteiger partial charge in [0.05, 0.1) is 5.52 Å². The molecule has 0 fully saturated rings. The highest BCUT2D eigenvalue weighted by molar-refractivity contribution is 5.82. The normalized spacial score (nSPS) is 12.1. The minimum absolute atomic E-state index is 0.0689. The summed E-state index contributed by atoms with van der Waals surface area (Å²) in [6, 6.07) is 2.46. The summed E-state index contributed by atoms with van der Waals surface area (Å²) in [4.78, 5) is 13.6. The molecule has 0 saturated carbocycles. The number of fused-ring (bicyclic) bond motifs is 1. The van der Waals surface area contributed by atoms with Crippen LogP contribution in [0.25, 0.3) is 10.9 Å². The van der Waals surface area contributed by atoms with Crippen molar-refractivity contribution in [2.75, 3.05) is 0 Å². The molecule has 0 unspecified atom stereocenters. The van der Waals surface area contributed by atoms with Crippen molar-refractivity contribution in [3.05, 3.63) is 45.5 Å². The largest absolute Gasteiger partial charge is 0.431 e. The van der Waals surface area contributed by atoms with Crippen LogP contribution in [0.15, 0.2) is 23.0 Å². The number of pyridine rings is 1. The number of H-pyrrole nitrogens is 1. The van der Waals surface area contributed by atoms with Gasteiger partial charge in [0.1, 0.15) is 11.5 Å². The fourth-order valence-electron chi connectivity index (χ4n) is 1.71. The van der Waals surface area contributed by atoms with Crippen LogP contribution in [0.4, 0.5) is 17.6 Å². The molecule has 2 rings (SSSR count). The smallest absolute Gasteiger partial charge is 0.351 e. The van der Waals surface area contributed by atoms with Gasteiger partial charge in [-0.25, -0.2) is 4.39 Å². The van der Waals surface area contributed by atoms with Crippen LogP contribution in [0.5, 0.6) is 0 Å². The minimum atomic E-state index is -4.66. The molecule has 0 bridgehead atoms. The van der Waals surface area contributed by atoms with Gasteiger partial charge in [0.25, 0.3) is 0 Å². The molecule has 0 aliphatic heterocycles. The number of hydrogen-bond acceptors (Lipinski definition) is 1. The third kappa shape index (κ3) is 2.02. The highest BCUT2D eigenvalue weighted by Crippen LogP contribution is 2.28. The second kappa shape index (κ2) is 3.58. The van der Waals surface area contributed by atoms with Crippen LogP contribution in [0.2, 0.25) is 0 Å². The van der Waals surface area contributed by atoms with Crippen molar-refractivity contribution in [3.8, 4) is 0 Å². The summed E-state index contributed by atoms with van der Waals surface area (Å²) in [6.07, 6.45) is -4.66. The summed E-state index contributed by atoms with van der Waals surface area (Å²) in [6.45, 7) is 1.47. The van der Waals surface area contributed by atoms with Gasteiger partial charge < -0.3 is 4.98 Å². The molecule has 1 heterocycles. The van der Waals surface area contributed by atoms with Crippen molar-refractivity contribution in [1.82, 2.24) is 4.98 Å². The average Bonchev–Trinajstić information content (AvgIpc) is 2.13. The number of benzene rings is 1. The van der Waals surface area contributed by atoms with Gasteiger partial charge in [-0.1, -0.05) is 0 Å². The standard InChI is InChI=1S/C11H7F4NO/c1-5-2-6(12)3-7-10(5)8(17)4-9(16-7)11(13,14)15/h2-4H,1H3,(H,16,17). The van der Waals surface area contributed by atoms with E-state index < -0.39 is 23.1 Å². The van der Waals surface area contributed by atoms with Gasteiger partial charge in [-0.3, -0.25) is 4.79 Å². The van der Waals surface area contributed by atoms with Crippen molar-refractivity contribution in [2.24, 2.45) is 0 Å². The monoisotopic (exact) mass is 245 g/mol. The molecule has 0 amide bonds. The van der Waals surface area contributed by atoms with Crippen molar-refractivity contribution < 1.29 is 17.6 Å². The molecule has 0 spiro atoms. The molecule has 0 radical (unpaired) electrons. The Morgan fingerprint density at radius 1 is 1.18 bits per heavy atom. The van der Waals surface area contributed by atoms with E-state index in [1.54, 1.807) is 0 Å². The highest BCUT2D eigenvalue weighted by atomic mass is 19.4. The first-order valence-corrected chi connectivity index (χ1v) is 4.69. The summed E-state index contributed by atoms with van der Waals surface area (Å²) < 4.78 is 50.4. The molecule has 17 heavy (non-hydrogen) atoms. The number of rotatable bonds is 0. The molecular weight excluding hydrogens is 238 g/mol. The fraction of sp³-hybridized carbons (Fsp3) is 0.182. The molecule has 0 atom stereocenters. The Balaban J connectivity index is 2.87. The predicted molar refractivity (Wildman–Crippen MR) is 54.3 cm³/mol. The number of halogens is 4. The Morgan fingerprint density at radius 3 is 2.41 bits per heavy atom. The number of aromatic amines is 1. The number of aryl methyl sites for hydroxylation is 1. The Kier molecular flexibility index (Phi) is 2.45. The lowest BCUT2D eigenvalue weighted by Gasteiger charge is -2.09. The fourth-order valence-corrected chi connectivity index (χ4v) is 1.71. The van der Waals surface area contributed by atoms with Crippen molar-refractivity contribution in [3.63, 3.8) is 0 Å². The first-order chi connectivity index (χ1) is 7.79. The SMILES string of the molecule is Cc1cc(F)cc2[nH]c(C(F)(F)F)cc(=O)c12. The molecule has 1 aromatic heterocycles. The summed E-state index contributed by atoms with van der Waals surface area (Å²) >= 11 is 0. The summed E-state index contributed by atoms with van der Waals surface area (Å²) in [5, 5.41) is 0.0689. The zero-order chi connectivity index (χ0) is 12.8. The number of aromatic nitrogens is 1. The minimum Gasteiger partial charge on any atom is -0.351 e. The maximum Gasteiger partial charge on any atom is 0.431 e. The molecule has 0 aliphatic carbocycles. The zero-order valence-electron chi connectivity index (χ0n) is 8.65. The van der Waals surface area contributed by atoms with E-state index in [1.165, 1.54) is 6.92 Å². The Labute approximate surface area is 92.9 Å². The predicted octanol–water partition coefficient (Wildman–Crippen LogP) is 2.99. The highest BCUT2D eigenvalue weighted by Gasteiger charge is 2.32. The first kappa shape index (κ1) is 11.6. The molecule has 2 aromatic rings. The van der Waals surface area contributed by atoms with Gasteiger partial charge >= 0.3 is 6.18 Å².